The number of nitrogens with one attached hydrogen (secondary N) is 1. The highest BCUT2D eigenvalue weighted by atomic mass is 79.9. The van der Waals surface area contributed by atoms with Crippen molar-refractivity contribution in [3.05, 3.63) is 28.2 Å². The van der Waals surface area contributed by atoms with E-state index in [0.29, 0.717) is 6.42 Å². The average Bonchev–Trinajstić information content (AvgIpc) is 2.23. The van der Waals surface area contributed by atoms with Crippen molar-refractivity contribution in [2.75, 3.05) is 5.32 Å². The first-order chi connectivity index (χ1) is 7.06. The lowest BCUT2D eigenvalue weighted by molar-refractivity contribution is -0.117. The Morgan fingerprint density at radius 1 is 1.60 bits per heavy atom. The second-order valence-electron chi connectivity index (χ2n) is 3.42. The molecule has 1 aromatic carbocycles. The van der Waals surface area contributed by atoms with Gasteiger partial charge in [-0.1, -0.05) is 28.9 Å². The van der Waals surface area contributed by atoms with Gasteiger partial charge in [0.2, 0.25) is 5.91 Å². The van der Waals surface area contributed by atoms with Gasteiger partial charge in [-0.3, -0.25) is 4.79 Å². The molecule has 0 aliphatic carbocycles. The molecule has 0 saturated carbocycles. The van der Waals surface area contributed by atoms with Crippen LogP contribution >= 0.6 is 15.9 Å². The molecule has 0 spiro atoms. The lowest BCUT2D eigenvalue weighted by Gasteiger charge is -2.12. The summed E-state index contributed by atoms with van der Waals surface area (Å²) in [5.74, 6) is -0.140. The summed E-state index contributed by atoms with van der Waals surface area (Å²) in [5, 5.41) is 2.81. The van der Waals surface area contributed by atoms with Crippen molar-refractivity contribution in [3.8, 4) is 0 Å². The fraction of sp³-hybridized carbons (Fsp3) is 0.364. The fourth-order valence-electron chi connectivity index (χ4n) is 1.15. The highest BCUT2D eigenvalue weighted by molar-refractivity contribution is 9.10. The minimum Gasteiger partial charge on any atom is -0.324 e. The Morgan fingerprint density at radius 3 is 2.87 bits per heavy atom. The third-order valence-electron chi connectivity index (χ3n) is 2.30. The standard InChI is InChI=1S/C11H15BrN2O/c1-3-9(13)11(15)14-10-6-4-5-8(12)7(10)2/h4-6,9H,3,13H2,1-2H3,(H,14,15)/t9-/m0/s1. The number of benzene rings is 1. The number of anilines is 1. The van der Waals surface area contributed by atoms with E-state index >= 15 is 0 Å². The van der Waals surface area contributed by atoms with Crippen LogP contribution in [0.2, 0.25) is 0 Å². The normalized spacial score (nSPS) is 12.3. The van der Waals surface area contributed by atoms with Crippen molar-refractivity contribution >= 4 is 27.5 Å². The smallest absolute Gasteiger partial charge is 0.241 e. The number of hydrogen-bond acceptors (Lipinski definition) is 2. The molecule has 4 heteroatoms. The Bertz CT molecular complexity index is 366. The van der Waals surface area contributed by atoms with Gasteiger partial charge in [-0.05, 0) is 31.0 Å². The van der Waals surface area contributed by atoms with Crippen molar-refractivity contribution in [3.63, 3.8) is 0 Å². The molecule has 0 fully saturated rings. The molecule has 0 aliphatic heterocycles. The molecule has 82 valence electrons. The number of carbonyl (C=O) groups is 1. The number of carbonyl (C=O) groups excluding carboxylic acids is 1. The minimum absolute atomic E-state index is 0.140. The fourth-order valence-corrected chi connectivity index (χ4v) is 1.52. The van der Waals surface area contributed by atoms with Gasteiger partial charge < -0.3 is 11.1 Å². The van der Waals surface area contributed by atoms with Gasteiger partial charge in [0.25, 0.3) is 0 Å². The summed E-state index contributed by atoms with van der Waals surface area (Å²) >= 11 is 3.41. The van der Waals surface area contributed by atoms with E-state index in [1.54, 1.807) is 0 Å². The van der Waals surface area contributed by atoms with E-state index in [1.165, 1.54) is 0 Å². The van der Waals surface area contributed by atoms with Crippen LogP contribution in [0.3, 0.4) is 0 Å². The molecule has 0 unspecified atom stereocenters. The molecule has 3 N–H and O–H groups in total. The quantitative estimate of drug-likeness (QED) is 0.887. The Kier molecular flexibility index (Phi) is 4.29. The molecule has 15 heavy (non-hydrogen) atoms. The van der Waals surface area contributed by atoms with Crippen LogP contribution in [-0.4, -0.2) is 11.9 Å². The van der Waals surface area contributed by atoms with Crippen LogP contribution in [0.4, 0.5) is 5.69 Å². The third kappa shape index (κ3) is 3.04. The molecule has 1 aromatic rings. The van der Waals surface area contributed by atoms with E-state index in [9.17, 15) is 4.79 Å². The summed E-state index contributed by atoms with van der Waals surface area (Å²) in [6.07, 6.45) is 0.638. The molecule has 1 amide bonds. The monoisotopic (exact) mass is 270 g/mol. The molecule has 1 atom stereocenters. The highest BCUT2D eigenvalue weighted by Gasteiger charge is 2.12. The first-order valence-electron chi connectivity index (χ1n) is 4.87. The molecule has 0 aromatic heterocycles. The molecular formula is C11H15BrN2O. The van der Waals surface area contributed by atoms with Gasteiger partial charge in [0.15, 0.2) is 0 Å². The van der Waals surface area contributed by atoms with Crippen molar-refractivity contribution in [2.45, 2.75) is 26.3 Å². The Morgan fingerprint density at radius 2 is 2.27 bits per heavy atom. The molecule has 3 nitrogen and oxygen atoms in total. The number of nitrogens with two attached hydrogens (primary N) is 1. The van der Waals surface area contributed by atoms with Gasteiger partial charge >= 0.3 is 0 Å². The van der Waals surface area contributed by atoms with Crippen LogP contribution in [-0.2, 0) is 4.79 Å². The van der Waals surface area contributed by atoms with Gasteiger partial charge in [-0.2, -0.15) is 0 Å². The molecule has 0 heterocycles. The van der Waals surface area contributed by atoms with Crippen molar-refractivity contribution < 1.29 is 4.79 Å². The Labute approximate surface area is 98.2 Å². The molecule has 0 radical (unpaired) electrons. The average molecular weight is 271 g/mol. The summed E-state index contributed by atoms with van der Waals surface area (Å²) in [5.41, 5.74) is 7.44. The summed E-state index contributed by atoms with van der Waals surface area (Å²) in [7, 11) is 0. The first kappa shape index (κ1) is 12.2. The molecule has 0 aliphatic rings. The predicted molar refractivity (Wildman–Crippen MR) is 65.8 cm³/mol. The number of halogens is 1. The van der Waals surface area contributed by atoms with E-state index in [0.717, 1.165) is 15.7 Å². The van der Waals surface area contributed by atoms with Crippen molar-refractivity contribution in [2.24, 2.45) is 5.73 Å². The maximum Gasteiger partial charge on any atom is 0.241 e. The zero-order valence-electron chi connectivity index (χ0n) is 8.88. The van der Waals surface area contributed by atoms with Gasteiger partial charge in [0.1, 0.15) is 0 Å². The third-order valence-corrected chi connectivity index (χ3v) is 3.16. The molecular weight excluding hydrogens is 256 g/mol. The van der Waals surface area contributed by atoms with E-state index in [4.69, 9.17) is 5.73 Å². The zero-order chi connectivity index (χ0) is 11.4. The van der Waals surface area contributed by atoms with E-state index in [2.05, 4.69) is 21.2 Å². The van der Waals surface area contributed by atoms with E-state index < -0.39 is 6.04 Å². The Balaban J connectivity index is 2.81. The largest absolute Gasteiger partial charge is 0.324 e. The van der Waals surface area contributed by atoms with Gasteiger partial charge in [-0.25, -0.2) is 0 Å². The van der Waals surface area contributed by atoms with Crippen molar-refractivity contribution in [1.82, 2.24) is 0 Å². The first-order valence-corrected chi connectivity index (χ1v) is 5.67. The lowest BCUT2D eigenvalue weighted by atomic mass is 10.1. The summed E-state index contributed by atoms with van der Waals surface area (Å²) < 4.78 is 0.977. The number of hydrogen-bond donors (Lipinski definition) is 2. The maximum atomic E-state index is 11.6. The summed E-state index contributed by atoms with van der Waals surface area (Å²) in [4.78, 5) is 11.6. The lowest BCUT2D eigenvalue weighted by Crippen LogP contribution is -2.35. The van der Waals surface area contributed by atoms with Gasteiger partial charge in [-0.15, -0.1) is 0 Å². The van der Waals surface area contributed by atoms with Crippen LogP contribution in [0.15, 0.2) is 22.7 Å². The van der Waals surface area contributed by atoms with Crippen LogP contribution in [0.5, 0.6) is 0 Å². The zero-order valence-corrected chi connectivity index (χ0v) is 10.5. The van der Waals surface area contributed by atoms with Crippen LogP contribution in [0.25, 0.3) is 0 Å². The van der Waals surface area contributed by atoms with Crippen LogP contribution < -0.4 is 11.1 Å². The van der Waals surface area contributed by atoms with Crippen molar-refractivity contribution in [1.29, 1.82) is 0 Å². The van der Waals surface area contributed by atoms with Crippen LogP contribution in [0.1, 0.15) is 18.9 Å². The Hall–Kier alpha value is -0.870. The molecule has 0 saturated heterocycles. The summed E-state index contributed by atoms with van der Waals surface area (Å²) in [6.45, 7) is 3.83. The number of rotatable bonds is 3. The minimum atomic E-state index is -0.441. The molecule has 1 rings (SSSR count). The topological polar surface area (TPSA) is 55.1 Å². The summed E-state index contributed by atoms with van der Waals surface area (Å²) in [6, 6.07) is 5.23. The van der Waals surface area contributed by atoms with Gasteiger partial charge in [0.05, 0.1) is 6.04 Å². The SMILES string of the molecule is CC[C@H](N)C(=O)Nc1cccc(Br)c1C. The van der Waals surface area contributed by atoms with E-state index in [1.807, 2.05) is 32.0 Å². The second-order valence-corrected chi connectivity index (χ2v) is 4.27. The van der Waals surface area contributed by atoms with Crippen LogP contribution in [0, 0.1) is 6.92 Å². The second kappa shape index (κ2) is 5.28. The number of amides is 1. The van der Waals surface area contributed by atoms with E-state index in [-0.39, 0.29) is 5.91 Å². The maximum absolute atomic E-state index is 11.6. The van der Waals surface area contributed by atoms with Gasteiger partial charge in [0, 0.05) is 10.2 Å². The predicted octanol–water partition coefficient (Wildman–Crippen LogP) is 2.43. The molecule has 0 bridgehead atoms. The highest BCUT2D eigenvalue weighted by Crippen LogP contribution is 2.23.